The van der Waals surface area contributed by atoms with E-state index in [2.05, 4.69) is 12.7 Å². The van der Waals surface area contributed by atoms with Crippen molar-refractivity contribution in [2.45, 2.75) is 70.6 Å². The molecule has 3 heteroatoms. The van der Waals surface area contributed by atoms with E-state index in [1.165, 1.54) is 38.5 Å². The smallest absolute Gasteiger partial charge is 0.166 e. The van der Waals surface area contributed by atoms with E-state index in [1.54, 1.807) is 37.3 Å². The highest BCUT2D eigenvalue weighted by molar-refractivity contribution is 5.71. The van der Waals surface area contributed by atoms with E-state index in [0.29, 0.717) is 29.4 Å². The summed E-state index contributed by atoms with van der Waals surface area (Å²) in [6, 6.07) is 16.1. The Bertz CT molecular complexity index is 1230. The van der Waals surface area contributed by atoms with Crippen molar-refractivity contribution < 1.29 is 13.2 Å². The number of hydrogen-bond donors (Lipinski definition) is 0. The van der Waals surface area contributed by atoms with Crippen molar-refractivity contribution in [1.82, 2.24) is 0 Å². The summed E-state index contributed by atoms with van der Waals surface area (Å²) < 4.78 is 44.1. The van der Waals surface area contributed by atoms with Crippen molar-refractivity contribution in [3.05, 3.63) is 95.8 Å². The molecule has 0 aliphatic heterocycles. The summed E-state index contributed by atoms with van der Waals surface area (Å²) in [4.78, 5) is 0. The third kappa shape index (κ3) is 5.42. The van der Waals surface area contributed by atoms with Crippen LogP contribution in [0.4, 0.5) is 13.2 Å². The molecule has 2 fully saturated rings. The van der Waals surface area contributed by atoms with Gasteiger partial charge in [0.1, 0.15) is 5.82 Å². The molecule has 0 aromatic heterocycles. The van der Waals surface area contributed by atoms with Crippen LogP contribution in [-0.4, -0.2) is 0 Å². The van der Waals surface area contributed by atoms with Gasteiger partial charge in [0.2, 0.25) is 0 Å². The van der Waals surface area contributed by atoms with Gasteiger partial charge in [-0.1, -0.05) is 61.5 Å². The molecule has 3 aromatic carbocycles. The normalized spacial score (nSPS) is 24.1. The molecule has 0 amide bonds. The second-order valence-corrected chi connectivity index (χ2v) is 11.1. The van der Waals surface area contributed by atoms with E-state index in [4.69, 9.17) is 0 Å². The zero-order valence-electron chi connectivity index (χ0n) is 21.8. The van der Waals surface area contributed by atoms with Crippen molar-refractivity contribution in [3.8, 4) is 22.3 Å². The maximum atomic E-state index is 15.3. The predicted octanol–water partition coefficient (Wildman–Crippen LogP) is 10.3. The van der Waals surface area contributed by atoms with Crippen LogP contribution in [0.25, 0.3) is 22.3 Å². The van der Waals surface area contributed by atoms with Crippen LogP contribution < -0.4 is 0 Å². The van der Waals surface area contributed by atoms with Gasteiger partial charge >= 0.3 is 0 Å². The van der Waals surface area contributed by atoms with Gasteiger partial charge in [-0.05, 0) is 115 Å². The first kappa shape index (κ1) is 25.8. The molecule has 37 heavy (non-hydrogen) atoms. The molecule has 0 heterocycles. The van der Waals surface area contributed by atoms with Gasteiger partial charge in [0, 0.05) is 5.56 Å². The van der Waals surface area contributed by atoms with Crippen LogP contribution in [0.3, 0.4) is 0 Å². The first-order chi connectivity index (χ1) is 18.0. The fourth-order valence-electron chi connectivity index (χ4n) is 6.72. The molecule has 3 aromatic rings. The Kier molecular flexibility index (Phi) is 7.88. The highest BCUT2D eigenvalue weighted by Crippen LogP contribution is 2.44. The number of rotatable bonds is 6. The molecule has 5 rings (SSSR count). The van der Waals surface area contributed by atoms with Gasteiger partial charge in [-0.25, -0.2) is 13.2 Å². The minimum absolute atomic E-state index is 0.139. The Balaban J connectivity index is 1.24. The summed E-state index contributed by atoms with van der Waals surface area (Å²) in [5, 5.41) is 0. The number of halogens is 3. The maximum Gasteiger partial charge on any atom is 0.166 e. The summed E-state index contributed by atoms with van der Waals surface area (Å²) in [6.07, 6.45) is 12.3. The quantitative estimate of drug-likeness (QED) is 0.294. The van der Waals surface area contributed by atoms with Crippen LogP contribution in [0.2, 0.25) is 0 Å². The van der Waals surface area contributed by atoms with E-state index in [1.807, 2.05) is 24.3 Å². The lowest BCUT2D eigenvalue weighted by molar-refractivity contribution is 0.171. The van der Waals surface area contributed by atoms with Crippen molar-refractivity contribution in [1.29, 1.82) is 0 Å². The highest BCUT2D eigenvalue weighted by Gasteiger charge is 2.31. The summed E-state index contributed by atoms with van der Waals surface area (Å²) in [5.74, 6) is 0.882. The molecule has 194 valence electrons. The largest absolute Gasteiger partial charge is 0.207 e. The van der Waals surface area contributed by atoms with Gasteiger partial charge in [-0.2, -0.15) is 0 Å². The molecule has 2 aliphatic carbocycles. The maximum absolute atomic E-state index is 15.3. The summed E-state index contributed by atoms with van der Waals surface area (Å²) >= 11 is 0. The molecule has 0 spiro atoms. The lowest BCUT2D eigenvalue weighted by Gasteiger charge is -2.37. The Labute approximate surface area is 219 Å². The SMILES string of the molecule is C=CC1CCC(C2CCC(c3ccc(-c4ccc(-c5ccc(CC)c(F)c5F)cc4)cc3F)CC2)CC1. The number of aryl methyl sites for hydroxylation is 1. The predicted molar refractivity (Wildman–Crippen MR) is 147 cm³/mol. The molecule has 2 aliphatic rings. The number of benzene rings is 3. The first-order valence-electron chi connectivity index (χ1n) is 14.0. The van der Waals surface area contributed by atoms with Crippen LogP contribution in [0.15, 0.2) is 67.3 Å². The Morgan fingerprint density at radius 3 is 1.89 bits per heavy atom. The van der Waals surface area contributed by atoms with Crippen molar-refractivity contribution in [2.75, 3.05) is 0 Å². The lowest BCUT2D eigenvalue weighted by Crippen LogP contribution is -2.25. The standard InChI is InChI=1S/C34H37F3/c1-3-22-5-7-24(8-6-22)25-9-13-27(14-10-25)30-19-18-29(21-32(30)35)26-11-15-28(16-12-26)31-20-17-23(4-2)33(36)34(31)37/h3,11-12,15-22,24-25,27H,1,4-10,13-14H2,2H3. The zero-order chi connectivity index (χ0) is 25.9. The van der Waals surface area contributed by atoms with Gasteiger partial charge in [0.15, 0.2) is 11.6 Å². The van der Waals surface area contributed by atoms with Crippen molar-refractivity contribution in [3.63, 3.8) is 0 Å². The van der Waals surface area contributed by atoms with Gasteiger partial charge in [-0.3, -0.25) is 0 Å². The van der Waals surface area contributed by atoms with Crippen molar-refractivity contribution >= 4 is 0 Å². The van der Waals surface area contributed by atoms with Crippen LogP contribution in [0.5, 0.6) is 0 Å². The molecule has 0 unspecified atom stereocenters. The third-order valence-electron chi connectivity index (χ3n) is 9.10. The molecular formula is C34H37F3. The molecular weight excluding hydrogens is 465 g/mol. The van der Waals surface area contributed by atoms with E-state index >= 15 is 4.39 Å². The molecule has 0 bridgehead atoms. The minimum atomic E-state index is -0.818. The van der Waals surface area contributed by atoms with Crippen LogP contribution in [0.1, 0.15) is 75.3 Å². The molecule has 0 saturated heterocycles. The zero-order valence-corrected chi connectivity index (χ0v) is 21.8. The third-order valence-corrected chi connectivity index (χ3v) is 9.10. The lowest BCUT2D eigenvalue weighted by atomic mass is 9.68. The number of hydrogen-bond acceptors (Lipinski definition) is 0. The molecule has 0 N–H and O–H groups in total. The van der Waals surface area contributed by atoms with E-state index in [0.717, 1.165) is 41.4 Å². The molecule has 0 atom stereocenters. The average Bonchev–Trinajstić information content (AvgIpc) is 2.95. The molecule has 2 saturated carbocycles. The second-order valence-electron chi connectivity index (χ2n) is 11.1. The first-order valence-corrected chi connectivity index (χ1v) is 14.0. The summed E-state index contributed by atoms with van der Waals surface area (Å²) in [7, 11) is 0. The van der Waals surface area contributed by atoms with Crippen LogP contribution in [0, 0.1) is 35.2 Å². The van der Waals surface area contributed by atoms with E-state index < -0.39 is 11.6 Å². The minimum Gasteiger partial charge on any atom is -0.207 e. The fourth-order valence-corrected chi connectivity index (χ4v) is 6.72. The van der Waals surface area contributed by atoms with Crippen LogP contribution >= 0.6 is 0 Å². The summed E-state index contributed by atoms with van der Waals surface area (Å²) in [6.45, 7) is 5.77. The second kappa shape index (κ2) is 11.3. The Morgan fingerprint density at radius 1 is 0.703 bits per heavy atom. The number of allylic oxidation sites excluding steroid dienone is 1. The summed E-state index contributed by atoms with van der Waals surface area (Å²) in [5.41, 5.74) is 3.72. The van der Waals surface area contributed by atoms with Gasteiger partial charge in [0.25, 0.3) is 0 Å². The van der Waals surface area contributed by atoms with Crippen molar-refractivity contribution in [2.24, 2.45) is 17.8 Å². The fraction of sp³-hybridized carbons (Fsp3) is 0.412. The Morgan fingerprint density at radius 2 is 1.30 bits per heavy atom. The van der Waals surface area contributed by atoms with E-state index in [9.17, 15) is 8.78 Å². The molecule has 0 radical (unpaired) electrons. The average molecular weight is 503 g/mol. The molecule has 0 nitrogen and oxygen atoms in total. The highest BCUT2D eigenvalue weighted by atomic mass is 19.2. The van der Waals surface area contributed by atoms with Gasteiger partial charge in [0.05, 0.1) is 0 Å². The van der Waals surface area contributed by atoms with Gasteiger partial charge < -0.3 is 0 Å². The Hall–Kier alpha value is -2.81. The topological polar surface area (TPSA) is 0 Å². The van der Waals surface area contributed by atoms with Crippen LogP contribution in [-0.2, 0) is 6.42 Å². The van der Waals surface area contributed by atoms with E-state index in [-0.39, 0.29) is 11.4 Å². The van der Waals surface area contributed by atoms with Gasteiger partial charge in [-0.15, -0.1) is 6.58 Å². The monoisotopic (exact) mass is 502 g/mol.